The van der Waals surface area contributed by atoms with Gasteiger partial charge in [-0.1, -0.05) is 69.7 Å². The fourth-order valence-corrected chi connectivity index (χ4v) is 7.80. The van der Waals surface area contributed by atoms with Crippen LogP contribution in [-0.2, 0) is 32.2 Å². The van der Waals surface area contributed by atoms with Gasteiger partial charge in [-0.05, 0) is 67.1 Å². The zero-order valence-corrected chi connectivity index (χ0v) is 32.3. The largest absolute Gasteiger partial charge is 0.508 e. The van der Waals surface area contributed by atoms with Crippen LogP contribution in [-0.4, -0.2) is 105 Å². The number of hydrogen-bond donors (Lipinski definition) is 4. The molecule has 0 saturated heterocycles. The second kappa shape index (κ2) is 19.8. The second-order valence-electron chi connectivity index (χ2n) is 13.0. The third-order valence-electron chi connectivity index (χ3n) is 8.30. The number of carbonyl (C=O) groups is 2. The van der Waals surface area contributed by atoms with E-state index in [0.717, 1.165) is 10.7 Å². The fourth-order valence-electron chi connectivity index (χ4n) is 5.57. The number of nitrogens with zero attached hydrogens (tertiary/aromatic N) is 3. The Labute approximate surface area is 308 Å². The van der Waals surface area contributed by atoms with Gasteiger partial charge in [-0.25, -0.2) is 26.1 Å². The van der Waals surface area contributed by atoms with Crippen molar-refractivity contribution >= 4 is 31.9 Å². The van der Waals surface area contributed by atoms with E-state index in [1.807, 2.05) is 20.8 Å². The van der Waals surface area contributed by atoms with Crippen molar-refractivity contribution < 1.29 is 36.6 Å². The first-order valence-electron chi connectivity index (χ1n) is 17.5. The van der Waals surface area contributed by atoms with Crippen molar-refractivity contribution in [3.63, 3.8) is 0 Å². The highest BCUT2D eigenvalue weighted by Crippen LogP contribution is 2.21. The van der Waals surface area contributed by atoms with Crippen molar-refractivity contribution in [3.8, 4) is 5.75 Å². The number of amides is 2. The van der Waals surface area contributed by atoms with Gasteiger partial charge >= 0.3 is 0 Å². The number of benzene rings is 3. The number of aromatic hydroxyl groups is 1. The van der Waals surface area contributed by atoms with Crippen LogP contribution in [0.25, 0.3) is 0 Å². The molecule has 52 heavy (non-hydrogen) atoms. The average molecular weight is 760 g/mol. The summed E-state index contributed by atoms with van der Waals surface area (Å²) in [7, 11) is -5.22. The highest BCUT2D eigenvalue weighted by atomic mass is 32.2. The quantitative estimate of drug-likeness (QED) is 0.118. The fraction of sp³-hybridized carbons (Fsp3) is 0.459. The maximum Gasteiger partial charge on any atom is 0.253 e. The Hall–Kier alpha value is -3.86. The van der Waals surface area contributed by atoms with E-state index in [0.29, 0.717) is 43.5 Å². The normalized spacial score (nSPS) is 13.2. The highest BCUT2D eigenvalue weighted by Gasteiger charge is 2.29. The van der Waals surface area contributed by atoms with Gasteiger partial charge in [-0.2, -0.15) is 0 Å². The molecule has 2 atom stereocenters. The molecule has 0 aromatic heterocycles. The summed E-state index contributed by atoms with van der Waals surface area (Å²) < 4.78 is 53.9. The van der Waals surface area contributed by atoms with Gasteiger partial charge in [-0.15, -0.1) is 4.83 Å². The molecule has 0 aliphatic carbocycles. The van der Waals surface area contributed by atoms with Crippen molar-refractivity contribution in [3.05, 3.63) is 95.1 Å². The predicted octanol–water partition coefficient (Wildman–Crippen LogP) is 3.74. The average Bonchev–Trinajstić information content (AvgIpc) is 3.10. The lowest BCUT2D eigenvalue weighted by Gasteiger charge is -2.30. The van der Waals surface area contributed by atoms with E-state index in [1.54, 1.807) is 47.4 Å². The summed E-state index contributed by atoms with van der Waals surface area (Å²) in [6.07, 6.45) is 1.49. The Balaban J connectivity index is 2.00. The van der Waals surface area contributed by atoms with E-state index in [1.165, 1.54) is 49.4 Å². The maximum absolute atomic E-state index is 14.0. The zero-order chi connectivity index (χ0) is 38.5. The molecule has 15 heteroatoms. The van der Waals surface area contributed by atoms with Crippen LogP contribution < -0.4 is 10.1 Å². The molecule has 2 amide bonds. The van der Waals surface area contributed by atoms with Crippen LogP contribution in [0.15, 0.2) is 77.7 Å². The maximum atomic E-state index is 14.0. The summed E-state index contributed by atoms with van der Waals surface area (Å²) in [6, 6.07) is 17.7. The number of aliphatic hydroxyl groups excluding tert-OH is 1. The van der Waals surface area contributed by atoms with Crippen molar-refractivity contribution in [1.29, 1.82) is 0 Å². The van der Waals surface area contributed by atoms with Crippen LogP contribution in [0.4, 0.5) is 0 Å². The molecule has 0 spiro atoms. The Morgan fingerprint density at radius 2 is 1.40 bits per heavy atom. The van der Waals surface area contributed by atoms with E-state index >= 15 is 0 Å². The third kappa shape index (κ3) is 12.7. The Morgan fingerprint density at radius 1 is 0.788 bits per heavy atom. The molecule has 3 aromatic rings. The second-order valence-corrected chi connectivity index (χ2v) is 16.8. The number of aliphatic hydroxyl groups is 1. The highest BCUT2D eigenvalue weighted by molar-refractivity contribution is 7.89. The van der Waals surface area contributed by atoms with Gasteiger partial charge < -0.3 is 20.4 Å². The van der Waals surface area contributed by atoms with Crippen LogP contribution in [0.1, 0.15) is 78.3 Å². The third-order valence-corrected chi connectivity index (χ3v) is 11.3. The monoisotopic (exact) mass is 759 g/mol. The van der Waals surface area contributed by atoms with Gasteiger partial charge in [0, 0.05) is 51.4 Å². The molecule has 0 aliphatic heterocycles. The molecule has 0 bridgehead atoms. The first-order chi connectivity index (χ1) is 24.6. The lowest BCUT2D eigenvalue weighted by Crippen LogP contribution is -2.53. The van der Waals surface area contributed by atoms with Gasteiger partial charge in [0.2, 0.25) is 20.0 Å². The van der Waals surface area contributed by atoms with Gasteiger partial charge in [-0.3, -0.25) is 9.59 Å². The molecule has 0 aliphatic rings. The number of nitrogens with one attached hydrogen (secondary N) is 2. The standard InChI is InChI=1S/C37H53N5O8S2/c1-6-9-21-42(39-51(47,48)27-29-13-11-10-12-14-29)26-35(44)34(22-28-15-17-32(43)18-16-28)38-36(45)30-23-31(37(46)41(19-7-2)20-8-3)25-33(24-30)52(49,50)40(4)5/h10-18,23-25,34-35,39,43-44H,6-9,19-22,26-27H2,1-5H3,(H,38,45). The molecule has 0 radical (unpaired) electrons. The zero-order valence-electron chi connectivity index (χ0n) is 30.7. The Morgan fingerprint density at radius 3 is 1.98 bits per heavy atom. The van der Waals surface area contributed by atoms with E-state index in [2.05, 4.69) is 10.1 Å². The van der Waals surface area contributed by atoms with E-state index in [-0.39, 0.29) is 47.0 Å². The van der Waals surface area contributed by atoms with Crippen LogP contribution in [0, 0.1) is 0 Å². The van der Waals surface area contributed by atoms with Gasteiger partial charge in [0.05, 0.1) is 22.8 Å². The Kier molecular flexibility index (Phi) is 16.2. The summed E-state index contributed by atoms with van der Waals surface area (Å²) in [4.78, 5) is 31.6. The molecular weight excluding hydrogens is 707 g/mol. The van der Waals surface area contributed by atoms with Crippen molar-refractivity contribution in [2.24, 2.45) is 0 Å². The number of hydrogen-bond acceptors (Lipinski definition) is 9. The molecule has 3 rings (SSSR count). The molecule has 0 saturated carbocycles. The minimum absolute atomic E-state index is 0.0275. The summed E-state index contributed by atoms with van der Waals surface area (Å²) >= 11 is 0. The van der Waals surface area contributed by atoms with E-state index in [9.17, 15) is 36.6 Å². The lowest BCUT2D eigenvalue weighted by atomic mass is 9.99. The number of sulfonamides is 2. The molecule has 13 nitrogen and oxygen atoms in total. The first-order valence-corrected chi connectivity index (χ1v) is 20.6. The Bertz CT molecular complexity index is 1820. The number of unbranched alkanes of at least 4 members (excludes halogenated alkanes) is 1. The summed E-state index contributed by atoms with van der Waals surface area (Å²) in [6.45, 7) is 6.79. The van der Waals surface area contributed by atoms with Crippen molar-refractivity contribution in [2.75, 3.05) is 40.3 Å². The summed E-state index contributed by atoms with van der Waals surface area (Å²) in [5.74, 6) is -1.40. The number of phenols is 1. The topological polar surface area (TPSA) is 177 Å². The van der Waals surface area contributed by atoms with Crippen LogP contribution in [0.3, 0.4) is 0 Å². The molecule has 0 heterocycles. The van der Waals surface area contributed by atoms with E-state index < -0.39 is 44.0 Å². The van der Waals surface area contributed by atoms with Gasteiger partial charge in [0.15, 0.2) is 0 Å². The van der Waals surface area contributed by atoms with Crippen LogP contribution in [0.2, 0.25) is 0 Å². The molecule has 4 N–H and O–H groups in total. The van der Waals surface area contributed by atoms with Crippen molar-refractivity contribution in [2.45, 2.75) is 75.7 Å². The molecule has 2 unspecified atom stereocenters. The number of rotatable bonds is 21. The minimum atomic E-state index is -4.06. The van der Waals surface area contributed by atoms with Crippen LogP contribution >= 0.6 is 0 Å². The van der Waals surface area contributed by atoms with Crippen LogP contribution in [0.5, 0.6) is 5.75 Å². The van der Waals surface area contributed by atoms with Gasteiger partial charge in [0.25, 0.3) is 11.8 Å². The van der Waals surface area contributed by atoms with Gasteiger partial charge in [0.1, 0.15) is 5.75 Å². The molecule has 3 aromatic carbocycles. The first kappa shape index (κ1) is 42.6. The summed E-state index contributed by atoms with van der Waals surface area (Å²) in [5.41, 5.74) is 1.17. The predicted molar refractivity (Wildman–Crippen MR) is 202 cm³/mol. The number of phenolic OH excluding ortho intramolecular Hbond substituents is 1. The molecular formula is C37H53N5O8S2. The smallest absolute Gasteiger partial charge is 0.253 e. The lowest BCUT2D eigenvalue weighted by molar-refractivity contribution is 0.0614. The van der Waals surface area contributed by atoms with Crippen molar-refractivity contribution in [1.82, 2.24) is 24.4 Å². The minimum Gasteiger partial charge on any atom is -0.508 e. The molecule has 286 valence electrons. The molecule has 0 fully saturated rings. The summed E-state index contributed by atoms with van der Waals surface area (Å²) in [5, 5.41) is 25.7. The number of hydrazine groups is 1. The van der Waals surface area contributed by atoms with E-state index in [4.69, 9.17) is 0 Å². The number of carbonyl (C=O) groups excluding carboxylic acids is 2. The SMILES string of the molecule is CCCCN(CC(O)C(Cc1ccc(O)cc1)NC(=O)c1cc(C(=O)N(CCC)CCC)cc(S(=O)(=O)N(C)C)c1)NS(=O)(=O)Cc1ccccc1.